The Labute approximate surface area is 99.2 Å². The van der Waals surface area contributed by atoms with E-state index in [0.29, 0.717) is 6.61 Å². The van der Waals surface area contributed by atoms with Crippen LogP contribution in [0.3, 0.4) is 0 Å². The Balaban J connectivity index is 2.14. The number of benzene rings is 1. The number of hydrogen-bond acceptors (Lipinski definition) is 2. The molecule has 0 radical (unpaired) electrons. The van der Waals surface area contributed by atoms with Gasteiger partial charge >= 0.3 is 5.69 Å². The lowest BCUT2D eigenvalue weighted by Crippen LogP contribution is -2.28. The molecule has 2 heterocycles. The zero-order valence-corrected chi connectivity index (χ0v) is 9.90. The number of ether oxygens (including phenoxy) is 1. The molecule has 17 heavy (non-hydrogen) atoms. The summed E-state index contributed by atoms with van der Waals surface area (Å²) in [6.45, 7) is 3.48. The van der Waals surface area contributed by atoms with Gasteiger partial charge in [0, 0.05) is 6.61 Å². The van der Waals surface area contributed by atoms with E-state index in [1.54, 1.807) is 0 Å². The largest absolute Gasteiger partial charge is 0.379 e. The van der Waals surface area contributed by atoms with Crippen molar-refractivity contribution < 1.29 is 4.74 Å². The summed E-state index contributed by atoms with van der Waals surface area (Å²) in [6.07, 6.45) is 2.04. The molecule has 1 aromatic carbocycles. The fraction of sp³-hybridized carbons (Fsp3) is 0.462. The van der Waals surface area contributed by atoms with E-state index in [1.807, 2.05) is 29.7 Å². The van der Waals surface area contributed by atoms with Crippen molar-refractivity contribution in [3.05, 3.63) is 34.2 Å². The minimum atomic E-state index is -0.0268. The Hall–Kier alpha value is -1.55. The number of aromatic nitrogens is 2. The van der Waals surface area contributed by atoms with Gasteiger partial charge in [-0.25, -0.2) is 4.79 Å². The van der Waals surface area contributed by atoms with Crippen molar-refractivity contribution in [2.45, 2.75) is 25.8 Å². The highest BCUT2D eigenvalue weighted by molar-refractivity contribution is 5.76. The maximum absolute atomic E-state index is 12.0. The van der Waals surface area contributed by atoms with Gasteiger partial charge in [0.05, 0.1) is 23.7 Å². The fourth-order valence-electron chi connectivity index (χ4n) is 2.53. The van der Waals surface area contributed by atoms with Gasteiger partial charge in [0.2, 0.25) is 0 Å². The molecule has 1 aromatic heterocycles. The minimum Gasteiger partial charge on any atom is -0.379 e. The second-order valence-electron chi connectivity index (χ2n) is 4.69. The first-order valence-electron chi connectivity index (χ1n) is 6.04. The van der Waals surface area contributed by atoms with E-state index >= 15 is 0 Å². The maximum atomic E-state index is 12.0. The van der Waals surface area contributed by atoms with Gasteiger partial charge in [-0.2, -0.15) is 0 Å². The Morgan fingerprint density at radius 3 is 3.12 bits per heavy atom. The predicted octanol–water partition coefficient (Wildman–Crippen LogP) is 1.99. The number of rotatable bonds is 1. The van der Waals surface area contributed by atoms with Crippen LogP contribution in [0.25, 0.3) is 11.0 Å². The van der Waals surface area contributed by atoms with Crippen LogP contribution in [0.15, 0.2) is 23.0 Å². The van der Waals surface area contributed by atoms with Crippen LogP contribution < -0.4 is 5.69 Å². The summed E-state index contributed by atoms with van der Waals surface area (Å²) >= 11 is 0. The average molecular weight is 232 g/mol. The van der Waals surface area contributed by atoms with E-state index in [9.17, 15) is 4.79 Å². The molecule has 1 aliphatic rings. The van der Waals surface area contributed by atoms with Gasteiger partial charge in [-0.15, -0.1) is 0 Å². The zero-order valence-electron chi connectivity index (χ0n) is 9.90. The standard InChI is InChI=1S/C13H16N2O2/c1-9-4-5-12-11(7-9)14-13(16)15(12)10-3-2-6-17-8-10/h4-5,7,10H,2-3,6,8H2,1H3,(H,14,16). The molecule has 0 amide bonds. The van der Waals surface area contributed by atoms with Crippen LogP contribution in [0.1, 0.15) is 24.4 Å². The molecule has 1 aliphatic heterocycles. The summed E-state index contributed by atoms with van der Waals surface area (Å²) in [6, 6.07) is 6.23. The van der Waals surface area contributed by atoms with Crippen LogP contribution in [0.4, 0.5) is 0 Å². The Morgan fingerprint density at radius 2 is 2.35 bits per heavy atom. The van der Waals surface area contributed by atoms with Crippen molar-refractivity contribution in [1.82, 2.24) is 9.55 Å². The van der Waals surface area contributed by atoms with E-state index in [-0.39, 0.29) is 11.7 Å². The summed E-state index contributed by atoms with van der Waals surface area (Å²) in [5, 5.41) is 0. The number of H-pyrrole nitrogens is 1. The summed E-state index contributed by atoms with van der Waals surface area (Å²) in [5.41, 5.74) is 3.03. The summed E-state index contributed by atoms with van der Waals surface area (Å²) < 4.78 is 7.30. The monoisotopic (exact) mass is 232 g/mol. The predicted molar refractivity (Wildman–Crippen MR) is 66.4 cm³/mol. The number of hydrogen-bond donors (Lipinski definition) is 1. The normalized spacial score (nSPS) is 20.9. The fourth-order valence-corrected chi connectivity index (χ4v) is 2.53. The van der Waals surface area contributed by atoms with Gasteiger partial charge in [-0.1, -0.05) is 6.07 Å². The molecular formula is C13H16N2O2. The molecule has 90 valence electrons. The molecule has 2 aromatic rings. The Morgan fingerprint density at radius 1 is 1.47 bits per heavy atom. The quantitative estimate of drug-likeness (QED) is 0.817. The van der Waals surface area contributed by atoms with Gasteiger partial charge in [0.15, 0.2) is 0 Å². The minimum absolute atomic E-state index is 0.0268. The van der Waals surface area contributed by atoms with Crippen LogP contribution in [0, 0.1) is 6.92 Å². The molecule has 1 atom stereocenters. The van der Waals surface area contributed by atoms with Gasteiger partial charge in [0.1, 0.15) is 0 Å². The summed E-state index contributed by atoms with van der Waals surface area (Å²) in [4.78, 5) is 14.9. The van der Waals surface area contributed by atoms with Crippen LogP contribution in [0.2, 0.25) is 0 Å². The highest BCUT2D eigenvalue weighted by atomic mass is 16.5. The molecule has 1 N–H and O–H groups in total. The molecule has 0 spiro atoms. The first kappa shape index (κ1) is 10.6. The second-order valence-corrected chi connectivity index (χ2v) is 4.69. The van der Waals surface area contributed by atoms with Crippen LogP contribution in [-0.2, 0) is 4.74 Å². The molecule has 4 nitrogen and oxygen atoms in total. The first-order valence-corrected chi connectivity index (χ1v) is 6.04. The maximum Gasteiger partial charge on any atom is 0.326 e. The zero-order chi connectivity index (χ0) is 11.8. The van der Waals surface area contributed by atoms with Crippen molar-refractivity contribution in [3.8, 4) is 0 Å². The summed E-state index contributed by atoms with van der Waals surface area (Å²) in [7, 11) is 0. The Kier molecular flexibility index (Phi) is 2.52. The van der Waals surface area contributed by atoms with Crippen molar-refractivity contribution in [1.29, 1.82) is 0 Å². The van der Waals surface area contributed by atoms with Crippen LogP contribution in [-0.4, -0.2) is 22.8 Å². The lowest BCUT2D eigenvalue weighted by Gasteiger charge is -2.23. The van der Waals surface area contributed by atoms with E-state index < -0.39 is 0 Å². The smallest absolute Gasteiger partial charge is 0.326 e. The van der Waals surface area contributed by atoms with Crippen molar-refractivity contribution in [2.75, 3.05) is 13.2 Å². The third kappa shape index (κ3) is 1.78. The lowest BCUT2D eigenvalue weighted by molar-refractivity contribution is 0.0595. The first-order chi connectivity index (χ1) is 8.25. The van der Waals surface area contributed by atoms with E-state index in [4.69, 9.17) is 4.74 Å². The molecule has 1 unspecified atom stereocenters. The summed E-state index contributed by atoms with van der Waals surface area (Å²) in [5.74, 6) is 0. The van der Waals surface area contributed by atoms with E-state index in [1.165, 1.54) is 0 Å². The highest BCUT2D eigenvalue weighted by Crippen LogP contribution is 2.22. The number of aromatic amines is 1. The average Bonchev–Trinajstić information content (AvgIpc) is 2.65. The topological polar surface area (TPSA) is 47.0 Å². The lowest BCUT2D eigenvalue weighted by atomic mass is 10.1. The third-order valence-electron chi connectivity index (χ3n) is 3.37. The molecule has 0 bridgehead atoms. The van der Waals surface area contributed by atoms with Gasteiger partial charge in [-0.05, 0) is 37.5 Å². The van der Waals surface area contributed by atoms with Crippen molar-refractivity contribution in [2.24, 2.45) is 0 Å². The van der Waals surface area contributed by atoms with Crippen molar-refractivity contribution in [3.63, 3.8) is 0 Å². The molecule has 1 fully saturated rings. The number of aryl methyl sites for hydroxylation is 1. The second kappa shape index (κ2) is 4.04. The molecular weight excluding hydrogens is 216 g/mol. The van der Waals surface area contributed by atoms with Crippen LogP contribution >= 0.6 is 0 Å². The van der Waals surface area contributed by atoms with E-state index in [2.05, 4.69) is 4.98 Å². The molecule has 4 heteroatoms. The van der Waals surface area contributed by atoms with Gasteiger partial charge < -0.3 is 9.72 Å². The van der Waals surface area contributed by atoms with Gasteiger partial charge in [-0.3, -0.25) is 4.57 Å². The number of fused-ring (bicyclic) bond motifs is 1. The molecule has 0 saturated carbocycles. The van der Waals surface area contributed by atoms with Crippen molar-refractivity contribution >= 4 is 11.0 Å². The van der Waals surface area contributed by atoms with Gasteiger partial charge in [0.25, 0.3) is 0 Å². The van der Waals surface area contributed by atoms with E-state index in [0.717, 1.165) is 36.0 Å². The number of imidazole rings is 1. The SMILES string of the molecule is Cc1ccc2c(c1)[nH]c(=O)n2C1CCCOC1. The molecule has 1 saturated heterocycles. The molecule has 0 aliphatic carbocycles. The number of nitrogens with one attached hydrogen (secondary N) is 1. The molecule has 3 rings (SSSR count). The third-order valence-corrected chi connectivity index (χ3v) is 3.37. The number of nitrogens with zero attached hydrogens (tertiary/aromatic N) is 1. The Bertz CT molecular complexity index is 591. The highest BCUT2D eigenvalue weighted by Gasteiger charge is 2.20. The van der Waals surface area contributed by atoms with Crippen LogP contribution in [0.5, 0.6) is 0 Å².